The van der Waals surface area contributed by atoms with E-state index in [9.17, 15) is 13.2 Å². The molecule has 9 heteroatoms. The van der Waals surface area contributed by atoms with Gasteiger partial charge in [0.1, 0.15) is 4.90 Å². The molecule has 0 aliphatic rings. The normalized spacial score (nSPS) is 11.5. The van der Waals surface area contributed by atoms with Crippen molar-refractivity contribution in [3.63, 3.8) is 0 Å². The van der Waals surface area contributed by atoms with Crippen LogP contribution in [-0.4, -0.2) is 28.6 Å². The Kier molecular flexibility index (Phi) is 3.33. The first-order valence-electron chi connectivity index (χ1n) is 6.18. The first-order chi connectivity index (χ1) is 10.5. The van der Waals surface area contributed by atoms with E-state index in [0.717, 1.165) is 5.56 Å². The Morgan fingerprint density at radius 2 is 1.68 bits per heavy atom. The van der Waals surface area contributed by atoms with Crippen LogP contribution in [0.4, 0.5) is 0 Å². The molecule has 3 aromatic rings. The molecule has 0 aliphatic heterocycles. The SMILES string of the molecule is Cc1ccc(S(=O)(=O)Oc2n[nH]c(=O)c3nccnc23)cc1. The molecule has 3 rings (SSSR count). The van der Waals surface area contributed by atoms with Gasteiger partial charge in [0.25, 0.3) is 11.4 Å². The van der Waals surface area contributed by atoms with Gasteiger partial charge in [0.15, 0.2) is 11.0 Å². The third-order valence-corrected chi connectivity index (χ3v) is 4.10. The van der Waals surface area contributed by atoms with Gasteiger partial charge in [0.2, 0.25) is 0 Å². The molecule has 0 saturated carbocycles. The Morgan fingerprint density at radius 1 is 1.05 bits per heavy atom. The smallest absolute Gasteiger partial charge is 0.340 e. The first kappa shape index (κ1) is 14.1. The Hall–Kier alpha value is -2.81. The highest BCUT2D eigenvalue weighted by Crippen LogP contribution is 2.20. The maximum atomic E-state index is 12.2. The number of rotatable bonds is 3. The van der Waals surface area contributed by atoms with Crippen molar-refractivity contribution >= 4 is 21.2 Å². The number of nitrogens with one attached hydrogen (secondary N) is 1. The maximum Gasteiger partial charge on any atom is 0.340 e. The average molecular weight is 318 g/mol. The number of nitrogens with zero attached hydrogens (tertiary/aromatic N) is 3. The van der Waals surface area contributed by atoms with Crippen molar-refractivity contribution in [1.29, 1.82) is 0 Å². The minimum absolute atomic E-state index is 0.0249. The van der Waals surface area contributed by atoms with Crippen LogP contribution >= 0.6 is 0 Å². The summed E-state index contributed by atoms with van der Waals surface area (Å²) in [5, 5.41) is 5.72. The van der Waals surface area contributed by atoms with E-state index in [1.807, 2.05) is 6.92 Å². The molecule has 0 radical (unpaired) electrons. The summed E-state index contributed by atoms with van der Waals surface area (Å²) < 4.78 is 29.5. The van der Waals surface area contributed by atoms with E-state index >= 15 is 0 Å². The van der Waals surface area contributed by atoms with E-state index in [1.165, 1.54) is 24.5 Å². The highest BCUT2D eigenvalue weighted by atomic mass is 32.2. The maximum absolute atomic E-state index is 12.2. The lowest BCUT2D eigenvalue weighted by Gasteiger charge is -2.07. The molecule has 2 heterocycles. The third-order valence-electron chi connectivity index (χ3n) is 2.87. The second-order valence-electron chi connectivity index (χ2n) is 4.46. The molecule has 112 valence electrons. The number of H-pyrrole nitrogens is 1. The lowest BCUT2D eigenvalue weighted by Crippen LogP contribution is -2.16. The van der Waals surface area contributed by atoms with Crippen LogP contribution in [0.25, 0.3) is 11.0 Å². The molecule has 1 aromatic carbocycles. The first-order valence-corrected chi connectivity index (χ1v) is 7.59. The van der Waals surface area contributed by atoms with Crippen molar-refractivity contribution in [1.82, 2.24) is 20.2 Å². The molecule has 0 fully saturated rings. The lowest BCUT2D eigenvalue weighted by atomic mass is 10.2. The molecular weight excluding hydrogens is 308 g/mol. The van der Waals surface area contributed by atoms with Gasteiger partial charge in [0, 0.05) is 12.4 Å². The zero-order valence-corrected chi connectivity index (χ0v) is 12.2. The molecule has 2 aromatic heterocycles. The fourth-order valence-electron chi connectivity index (χ4n) is 1.78. The van der Waals surface area contributed by atoms with Gasteiger partial charge in [-0.2, -0.15) is 8.42 Å². The van der Waals surface area contributed by atoms with Crippen molar-refractivity contribution in [2.24, 2.45) is 0 Å². The molecule has 0 saturated heterocycles. The number of aromatic amines is 1. The Morgan fingerprint density at radius 3 is 2.36 bits per heavy atom. The Balaban J connectivity index is 2.08. The molecule has 0 unspecified atom stereocenters. The van der Waals surface area contributed by atoms with Gasteiger partial charge in [-0.3, -0.25) is 4.79 Å². The van der Waals surface area contributed by atoms with Gasteiger partial charge in [-0.1, -0.05) is 17.7 Å². The van der Waals surface area contributed by atoms with Crippen molar-refractivity contribution in [3.05, 3.63) is 52.6 Å². The van der Waals surface area contributed by atoms with Gasteiger partial charge in [-0.25, -0.2) is 15.1 Å². The lowest BCUT2D eigenvalue weighted by molar-refractivity contribution is 0.474. The van der Waals surface area contributed by atoms with E-state index in [1.54, 1.807) is 12.1 Å². The zero-order chi connectivity index (χ0) is 15.7. The van der Waals surface area contributed by atoms with Gasteiger partial charge in [-0.05, 0) is 19.1 Å². The van der Waals surface area contributed by atoms with Gasteiger partial charge in [-0.15, -0.1) is 5.10 Å². The van der Waals surface area contributed by atoms with Crippen LogP contribution in [-0.2, 0) is 10.1 Å². The van der Waals surface area contributed by atoms with E-state index < -0.39 is 15.7 Å². The van der Waals surface area contributed by atoms with E-state index in [2.05, 4.69) is 20.2 Å². The highest BCUT2D eigenvalue weighted by Gasteiger charge is 2.20. The number of aryl methyl sites for hydroxylation is 1. The second-order valence-corrected chi connectivity index (χ2v) is 6.01. The number of hydrogen-bond acceptors (Lipinski definition) is 7. The largest absolute Gasteiger partial charge is 0.354 e. The molecule has 22 heavy (non-hydrogen) atoms. The van der Waals surface area contributed by atoms with Crippen LogP contribution in [0.1, 0.15) is 5.56 Å². The second kappa shape index (κ2) is 5.19. The summed E-state index contributed by atoms with van der Waals surface area (Å²) in [5.41, 5.74) is 0.258. The van der Waals surface area contributed by atoms with Crippen molar-refractivity contribution in [2.45, 2.75) is 11.8 Å². The molecule has 0 spiro atoms. The zero-order valence-electron chi connectivity index (χ0n) is 11.3. The van der Waals surface area contributed by atoms with Gasteiger partial charge < -0.3 is 4.18 Å². The quantitative estimate of drug-likeness (QED) is 0.710. The number of hydrogen-bond donors (Lipinski definition) is 1. The molecule has 0 amide bonds. The van der Waals surface area contributed by atoms with Crippen LogP contribution in [0.15, 0.2) is 46.3 Å². The molecule has 8 nitrogen and oxygen atoms in total. The monoisotopic (exact) mass is 318 g/mol. The van der Waals surface area contributed by atoms with Gasteiger partial charge in [0.05, 0.1) is 0 Å². The van der Waals surface area contributed by atoms with Crippen LogP contribution in [0.5, 0.6) is 5.88 Å². The predicted molar refractivity (Wildman–Crippen MR) is 76.9 cm³/mol. The standard InChI is InChI=1S/C13H10N4O4S/c1-8-2-4-9(5-3-8)22(19,20)21-13-11-10(12(18)16-17-13)14-6-7-15-11/h2-7H,1H3,(H,16,18). The number of aromatic nitrogens is 4. The van der Waals surface area contributed by atoms with E-state index in [0.29, 0.717) is 0 Å². The van der Waals surface area contributed by atoms with Crippen molar-refractivity contribution < 1.29 is 12.6 Å². The summed E-state index contributed by atoms with van der Waals surface area (Å²) in [6.45, 7) is 1.84. The van der Waals surface area contributed by atoms with Gasteiger partial charge >= 0.3 is 10.1 Å². The average Bonchev–Trinajstić information content (AvgIpc) is 2.51. The molecule has 0 atom stereocenters. The van der Waals surface area contributed by atoms with Crippen LogP contribution in [0, 0.1) is 6.92 Å². The van der Waals surface area contributed by atoms with Crippen LogP contribution in [0.3, 0.4) is 0 Å². The summed E-state index contributed by atoms with van der Waals surface area (Å²) in [5.74, 6) is -0.330. The van der Waals surface area contributed by atoms with Crippen molar-refractivity contribution in [2.75, 3.05) is 0 Å². The summed E-state index contributed by atoms with van der Waals surface area (Å²) in [4.78, 5) is 19.3. The Labute approximate surface area is 124 Å². The molecule has 1 N–H and O–H groups in total. The summed E-state index contributed by atoms with van der Waals surface area (Å²) in [7, 11) is -4.09. The summed E-state index contributed by atoms with van der Waals surface area (Å²) >= 11 is 0. The molecular formula is C13H10N4O4S. The molecule has 0 bridgehead atoms. The van der Waals surface area contributed by atoms with E-state index in [-0.39, 0.29) is 21.8 Å². The van der Waals surface area contributed by atoms with Crippen LogP contribution in [0.2, 0.25) is 0 Å². The topological polar surface area (TPSA) is 115 Å². The van der Waals surface area contributed by atoms with Crippen LogP contribution < -0.4 is 9.74 Å². The Bertz CT molecular complexity index is 996. The number of benzene rings is 1. The van der Waals surface area contributed by atoms with E-state index in [4.69, 9.17) is 4.18 Å². The highest BCUT2D eigenvalue weighted by molar-refractivity contribution is 7.87. The third kappa shape index (κ3) is 2.53. The van der Waals surface area contributed by atoms with Crippen molar-refractivity contribution in [3.8, 4) is 5.88 Å². The number of fused-ring (bicyclic) bond motifs is 1. The minimum atomic E-state index is -4.09. The predicted octanol–water partition coefficient (Wildman–Crippen LogP) is 0.789. The summed E-state index contributed by atoms with van der Waals surface area (Å²) in [6.07, 6.45) is 2.63. The fourth-order valence-corrected chi connectivity index (χ4v) is 2.67. The minimum Gasteiger partial charge on any atom is -0.354 e. The summed E-state index contributed by atoms with van der Waals surface area (Å²) in [6, 6.07) is 6.14. The molecule has 0 aliphatic carbocycles. The fraction of sp³-hybridized carbons (Fsp3) is 0.0769.